The van der Waals surface area contributed by atoms with Gasteiger partial charge in [0.15, 0.2) is 0 Å². The zero-order chi connectivity index (χ0) is 22.3. The van der Waals surface area contributed by atoms with Gasteiger partial charge in [0.25, 0.3) is 0 Å². The second-order valence-corrected chi connectivity index (χ2v) is 8.05. The Morgan fingerprint density at radius 3 is 2.09 bits per heavy atom. The van der Waals surface area contributed by atoms with Crippen LogP contribution in [-0.4, -0.2) is 42.5 Å². The Bertz CT molecular complexity index is 787. The summed E-state index contributed by atoms with van der Waals surface area (Å²) < 4.78 is 39.8. The smallest absolute Gasteiger partial charge is 0.677 e. The molecule has 1 fully saturated rings. The number of hydrogen-bond donors (Lipinski definition) is 1. The molecule has 0 bridgehead atoms. The number of ether oxygens (including phenoxy) is 1. The van der Waals surface area contributed by atoms with Gasteiger partial charge in [-0.3, -0.25) is 6.42 Å². The first-order chi connectivity index (χ1) is 14.8. The van der Waals surface area contributed by atoms with Gasteiger partial charge in [-0.05, 0) is 73.7 Å². The molecule has 0 spiro atoms. The van der Waals surface area contributed by atoms with E-state index < -0.39 is 12.5 Å². The average Bonchev–Trinajstić information content (AvgIpc) is 3.41. The molecule has 2 N–H and O–H groups in total. The first kappa shape index (κ1) is 26.8. The molecular weight excluding hydrogens is 589 g/mol. The molecule has 2 aromatic carbocycles. The third-order valence-electron chi connectivity index (χ3n) is 5.66. The first-order valence-electron chi connectivity index (χ1n) is 10.6. The fourth-order valence-corrected chi connectivity index (χ4v) is 4.01. The minimum absolute atomic E-state index is 0. The van der Waals surface area contributed by atoms with E-state index in [9.17, 15) is 18.3 Å². The number of halogens is 3. The molecule has 0 aromatic heterocycles. The normalized spacial score (nSPS) is 17.2. The van der Waals surface area contributed by atoms with Crippen LogP contribution in [-0.2, 0) is 33.9 Å². The Hall–Kier alpha value is -1.40. The van der Waals surface area contributed by atoms with Crippen molar-refractivity contribution < 1.29 is 44.1 Å². The quantitative estimate of drug-likeness (QED) is 0.444. The van der Waals surface area contributed by atoms with Gasteiger partial charge in [0.2, 0.25) is 0 Å². The molecule has 1 unspecified atom stereocenters. The summed E-state index contributed by atoms with van der Waals surface area (Å²) in [6.45, 7) is 3.32. The second-order valence-electron chi connectivity index (χ2n) is 8.05. The third-order valence-corrected chi connectivity index (χ3v) is 5.66. The van der Waals surface area contributed by atoms with Gasteiger partial charge in [-0.25, -0.2) is 0 Å². The van der Waals surface area contributed by atoms with Crippen molar-refractivity contribution in [3.8, 4) is 5.75 Å². The van der Waals surface area contributed by atoms with E-state index in [-0.39, 0.29) is 26.8 Å². The monoisotopic (exact) mass is 618 g/mol. The molecule has 8 heteroatoms. The molecule has 1 saturated heterocycles. The Morgan fingerprint density at radius 2 is 1.59 bits per heavy atom. The molecule has 0 radical (unpaired) electrons. The van der Waals surface area contributed by atoms with Crippen molar-refractivity contribution in [1.82, 2.24) is 4.90 Å². The van der Waals surface area contributed by atoms with Gasteiger partial charge in [-0.1, -0.05) is 42.3 Å². The molecular formula is C24H29F3N2O2W. The van der Waals surface area contributed by atoms with Crippen molar-refractivity contribution in [3.05, 3.63) is 77.4 Å². The van der Waals surface area contributed by atoms with Crippen LogP contribution in [0.4, 0.5) is 13.2 Å². The van der Waals surface area contributed by atoms with E-state index in [0.717, 1.165) is 25.9 Å². The van der Waals surface area contributed by atoms with Gasteiger partial charge >= 0.3 is 27.4 Å². The molecule has 1 aliphatic carbocycles. The number of benzene rings is 2. The van der Waals surface area contributed by atoms with Crippen LogP contribution in [0, 0.1) is 12.3 Å². The number of rotatable bonds is 6. The molecule has 1 aliphatic heterocycles. The molecule has 1 atom stereocenters. The summed E-state index contributed by atoms with van der Waals surface area (Å²) >= 11 is 0. The fourth-order valence-electron chi connectivity index (χ4n) is 4.01. The van der Waals surface area contributed by atoms with Crippen molar-refractivity contribution in [3.63, 3.8) is 0 Å². The molecule has 4 nitrogen and oxygen atoms in total. The van der Waals surface area contributed by atoms with E-state index in [4.69, 9.17) is 5.73 Å². The number of nitrogens with zero attached hydrogens (tertiary/aromatic N) is 1. The van der Waals surface area contributed by atoms with E-state index >= 15 is 0 Å². The molecule has 2 aliphatic rings. The maximum absolute atomic E-state index is 12.0. The summed E-state index contributed by atoms with van der Waals surface area (Å²) in [5, 5.41) is 9.96. The van der Waals surface area contributed by atoms with E-state index in [2.05, 4.69) is 33.9 Å². The van der Waals surface area contributed by atoms with Crippen LogP contribution in [0.5, 0.6) is 5.75 Å². The summed E-state index contributed by atoms with van der Waals surface area (Å²) in [4.78, 5) is 2.23. The number of nitrogens with one attached hydrogen (secondary N) is 1. The van der Waals surface area contributed by atoms with Crippen molar-refractivity contribution in [1.29, 1.82) is 0 Å². The number of aliphatic hydroxyl groups is 1. The summed E-state index contributed by atoms with van der Waals surface area (Å²) in [7, 11) is 0. The number of alkyl halides is 3. The molecule has 32 heavy (non-hydrogen) atoms. The maximum Gasteiger partial charge on any atom is 2.00 e. The van der Waals surface area contributed by atoms with Crippen LogP contribution in [0.2, 0.25) is 0 Å². The molecule has 1 heterocycles. The van der Waals surface area contributed by atoms with Crippen LogP contribution >= 0.6 is 0 Å². The Balaban J connectivity index is 0.000000255. The van der Waals surface area contributed by atoms with Gasteiger partial charge in [-0.2, -0.15) is 0 Å². The molecule has 2 aromatic rings. The minimum Gasteiger partial charge on any atom is -0.677 e. The van der Waals surface area contributed by atoms with Crippen LogP contribution in [0.25, 0.3) is 5.73 Å². The van der Waals surface area contributed by atoms with Crippen LogP contribution in [0.1, 0.15) is 35.6 Å². The van der Waals surface area contributed by atoms with E-state index in [1.165, 1.54) is 48.2 Å². The average molecular weight is 618 g/mol. The summed E-state index contributed by atoms with van der Waals surface area (Å²) in [5.74, 6) is 0.306. The van der Waals surface area contributed by atoms with Crippen molar-refractivity contribution in [2.45, 2.75) is 38.1 Å². The number of fused-ring (bicyclic) bond motifs is 1. The van der Waals surface area contributed by atoms with E-state index in [1.54, 1.807) is 6.42 Å². The predicted molar refractivity (Wildman–Crippen MR) is 115 cm³/mol. The minimum atomic E-state index is -4.69. The fraction of sp³-hybridized carbons (Fsp3) is 0.458. The third kappa shape index (κ3) is 8.51. The Kier molecular flexibility index (Phi) is 10.7. The van der Waals surface area contributed by atoms with Crippen molar-refractivity contribution in [2.75, 3.05) is 26.2 Å². The number of aliphatic hydroxyl groups excluding tert-OH is 1. The summed E-state index contributed by atoms with van der Waals surface area (Å²) in [6.07, 6.45) is 0.878. The predicted octanol–water partition coefficient (Wildman–Crippen LogP) is 5.37. The number of hydrogen-bond acceptors (Lipinski definition) is 3. The Labute approximate surface area is 202 Å². The van der Waals surface area contributed by atoms with Crippen LogP contribution in [0.3, 0.4) is 0 Å². The van der Waals surface area contributed by atoms with Gasteiger partial charge in [0.1, 0.15) is 5.75 Å². The molecule has 4 rings (SSSR count). The zero-order valence-electron chi connectivity index (χ0n) is 17.9. The van der Waals surface area contributed by atoms with Crippen LogP contribution < -0.4 is 4.74 Å². The first-order valence-corrected chi connectivity index (χ1v) is 10.6. The molecule has 174 valence electrons. The summed E-state index contributed by atoms with van der Waals surface area (Å²) in [5.41, 5.74) is 10.8. The molecule has 0 saturated carbocycles. The van der Waals surface area contributed by atoms with Gasteiger partial charge < -0.3 is 20.5 Å². The van der Waals surface area contributed by atoms with Gasteiger partial charge in [-0.15, -0.1) is 26.3 Å². The Morgan fingerprint density at radius 1 is 1.03 bits per heavy atom. The van der Waals surface area contributed by atoms with Crippen LogP contribution in [0.15, 0.2) is 48.5 Å². The standard InChI is InChI=1S/C14H17F3NO2.C10H12N.W/c15-14(16,17)20-12-5-3-11(4-6-12)13(19)7-10-18-8-1-2-9-18;11-7-8-5-9-3-1-2-4-10(9)6-8;/h3-7,13,19H,1-2,8-10H2;1-4,8,11H,5-7H2;/q2*-1;+2. The van der Waals surface area contributed by atoms with Crippen molar-refractivity contribution in [2.24, 2.45) is 5.92 Å². The van der Waals surface area contributed by atoms with E-state index in [1.807, 2.05) is 0 Å². The number of likely N-dealkylation sites (tertiary alicyclic amines) is 1. The van der Waals surface area contributed by atoms with E-state index in [0.29, 0.717) is 24.6 Å². The van der Waals surface area contributed by atoms with Gasteiger partial charge in [0, 0.05) is 0 Å². The largest absolute Gasteiger partial charge is 2.00 e. The maximum atomic E-state index is 12.0. The topological polar surface area (TPSA) is 56.5 Å². The molecule has 0 amide bonds. The van der Waals surface area contributed by atoms with Crippen molar-refractivity contribution >= 4 is 0 Å². The second kappa shape index (κ2) is 12.7. The van der Waals surface area contributed by atoms with Gasteiger partial charge in [0.05, 0.1) is 0 Å². The SMILES string of the molecule is OC([CH-]CN1CCCC1)c1ccc(OC(F)(F)F)cc1.[NH-]CC1Cc2ccccc2C1.[W+2]. The zero-order valence-corrected chi connectivity index (χ0v) is 20.8. The summed E-state index contributed by atoms with van der Waals surface area (Å²) in [6, 6.07) is 13.8.